The van der Waals surface area contributed by atoms with Crippen molar-refractivity contribution in [1.82, 2.24) is 9.38 Å². The van der Waals surface area contributed by atoms with Gasteiger partial charge in [0, 0.05) is 28.3 Å². The molecule has 136 valence electrons. The summed E-state index contributed by atoms with van der Waals surface area (Å²) < 4.78 is 3.15. The number of nitrogens with one attached hydrogen (secondary N) is 1. The van der Waals surface area contributed by atoms with Crippen molar-refractivity contribution in [3.05, 3.63) is 89.6 Å². The molecule has 0 aliphatic carbocycles. The second-order valence-electron chi connectivity index (χ2n) is 6.73. The van der Waals surface area contributed by atoms with Gasteiger partial charge in [-0.05, 0) is 48.2 Å². The summed E-state index contributed by atoms with van der Waals surface area (Å²) in [5.41, 5.74) is 4.80. The summed E-state index contributed by atoms with van der Waals surface area (Å²) >= 11 is 1.50. The van der Waals surface area contributed by atoms with Crippen LogP contribution in [0.2, 0.25) is 0 Å². The van der Waals surface area contributed by atoms with Crippen LogP contribution < -0.4 is 5.32 Å². The minimum Gasteiger partial charge on any atom is -0.321 e. The summed E-state index contributed by atoms with van der Waals surface area (Å²) in [7, 11) is 0. The molecule has 5 heteroatoms. The number of carbonyl (C=O) groups is 1. The molecule has 0 fully saturated rings. The van der Waals surface area contributed by atoms with E-state index >= 15 is 0 Å². The molecule has 28 heavy (non-hydrogen) atoms. The van der Waals surface area contributed by atoms with Crippen molar-refractivity contribution in [2.45, 2.75) is 6.92 Å². The van der Waals surface area contributed by atoms with E-state index in [-0.39, 0.29) is 5.91 Å². The SMILES string of the molecule is Cc1cccn2cc(-c3ccc(NC(=O)c4cc5ccccc5s4)cc3)nc12. The Balaban J connectivity index is 1.38. The second-order valence-corrected chi connectivity index (χ2v) is 7.81. The lowest BCUT2D eigenvalue weighted by Crippen LogP contribution is -2.09. The molecule has 5 aromatic rings. The number of anilines is 1. The van der Waals surface area contributed by atoms with Gasteiger partial charge in [-0.25, -0.2) is 4.98 Å². The Morgan fingerprint density at radius 3 is 2.64 bits per heavy atom. The average molecular weight is 383 g/mol. The fourth-order valence-electron chi connectivity index (χ4n) is 3.30. The summed E-state index contributed by atoms with van der Waals surface area (Å²) in [6.07, 6.45) is 4.02. The molecule has 1 N–H and O–H groups in total. The van der Waals surface area contributed by atoms with Crippen LogP contribution in [0, 0.1) is 6.92 Å². The van der Waals surface area contributed by atoms with Gasteiger partial charge in [0.1, 0.15) is 5.65 Å². The molecular formula is C23H17N3OS. The van der Waals surface area contributed by atoms with Gasteiger partial charge in [-0.15, -0.1) is 11.3 Å². The Hall–Kier alpha value is -3.44. The molecule has 0 spiro atoms. The molecule has 3 aromatic heterocycles. The smallest absolute Gasteiger partial charge is 0.265 e. The summed E-state index contributed by atoms with van der Waals surface area (Å²) in [5, 5.41) is 4.07. The zero-order valence-electron chi connectivity index (χ0n) is 15.2. The summed E-state index contributed by atoms with van der Waals surface area (Å²) in [6.45, 7) is 2.05. The maximum absolute atomic E-state index is 12.6. The minimum atomic E-state index is -0.0858. The first-order valence-electron chi connectivity index (χ1n) is 9.02. The van der Waals surface area contributed by atoms with Crippen molar-refractivity contribution in [1.29, 1.82) is 0 Å². The molecule has 4 nitrogen and oxygen atoms in total. The molecule has 0 radical (unpaired) electrons. The van der Waals surface area contributed by atoms with E-state index in [0.29, 0.717) is 4.88 Å². The molecule has 0 unspecified atom stereocenters. The molecule has 0 saturated carbocycles. The van der Waals surface area contributed by atoms with Gasteiger partial charge in [0.05, 0.1) is 10.6 Å². The van der Waals surface area contributed by atoms with E-state index in [1.165, 1.54) is 11.3 Å². The van der Waals surface area contributed by atoms with Crippen LogP contribution in [0.15, 0.2) is 79.1 Å². The highest BCUT2D eigenvalue weighted by Crippen LogP contribution is 2.27. The number of aromatic nitrogens is 2. The number of pyridine rings is 1. The first kappa shape index (κ1) is 16.7. The predicted octanol–water partition coefficient (Wildman–Crippen LogP) is 5.78. The van der Waals surface area contributed by atoms with Crippen LogP contribution in [0.4, 0.5) is 5.69 Å². The van der Waals surface area contributed by atoms with E-state index in [2.05, 4.69) is 18.3 Å². The van der Waals surface area contributed by atoms with Gasteiger partial charge in [-0.1, -0.05) is 36.4 Å². The lowest BCUT2D eigenvalue weighted by molar-refractivity contribution is 0.103. The van der Waals surface area contributed by atoms with Crippen LogP contribution >= 0.6 is 11.3 Å². The molecule has 0 aliphatic heterocycles. The molecule has 3 heterocycles. The number of amides is 1. The van der Waals surface area contributed by atoms with Crippen LogP contribution in [0.5, 0.6) is 0 Å². The third-order valence-corrected chi connectivity index (χ3v) is 5.88. The summed E-state index contributed by atoms with van der Waals surface area (Å²) in [5.74, 6) is -0.0858. The van der Waals surface area contributed by atoms with E-state index in [1.54, 1.807) is 0 Å². The number of nitrogens with zero attached hydrogens (tertiary/aromatic N) is 2. The zero-order chi connectivity index (χ0) is 19.1. The van der Waals surface area contributed by atoms with Crippen LogP contribution in [0.25, 0.3) is 27.0 Å². The van der Waals surface area contributed by atoms with Gasteiger partial charge < -0.3 is 9.72 Å². The van der Waals surface area contributed by atoms with Crippen LogP contribution in [-0.2, 0) is 0 Å². The molecule has 0 aliphatic rings. The van der Waals surface area contributed by atoms with Crippen LogP contribution in [0.1, 0.15) is 15.2 Å². The maximum atomic E-state index is 12.6. The van der Waals surface area contributed by atoms with Crippen molar-refractivity contribution < 1.29 is 4.79 Å². The number of aryl methyl sites for hydroxylation is 1. The molecule has 2 aromatic carbocycles. The van der Waals surface area contributed by atoms with Gasteiger partial charge in [-0.3, -0.25) is 4.79 Å². The van der Waals surface area contributed by atoms with Crippen molar-refractivity contribution in [2.24, 2.45) is 0 Å². The standard InChI is InChI=1S/C23H17N3OS/c1-15-5-4-12-26-14-19(25-22(15)26)16-8-10-18(11-9-16)24-23(27)21-13-17-6-2-3-7-20(17)28-21/h2-14H,1H3,(H,24,27). The number of benzene rings is 2. The highest BCUT2D eigenvalue weighted by atomic mass is 32.1. The van der Waals surface area contributed by atoms with Crippen molar-refractivity contribution >= 4 is 38.7 Å². The highest BCUT2D eigenvalue weighted by Gasteiger charge is 2.11. The van der Waals surface area contributed by atoms with Gasteiger partial charge in [0.2, 0.25) is 0 Å². The number of hydrogen-bond acceptors (Lipinski definition) is 3. The fraction of sp³-hybridized carbons (Fsp3) is 0.0435. The van der Waals surface area contributed by atoms with Crippen molar-refractivity contribution in [3.63, 3.8) is 0 Å². The molecule has 5 rings (SSSR count). The quantitative estimate of drug-likeness (QED) is 0.429. The number of thiophene rings is 1. The molecule has 0 saturated heterocycles. The Bertz CT molecular complexity index is 1280. The first-order valence-corrected chi connectivity index (χ1v) is 9.84. The van der Waals surface area contributed by atoms with E-state index < -0.39 is 0 Å². The Morgan fingerprint density at radius 2 is 1.86 bits per heavy atom. The lowest BCUT2D eigenvalue weighted by atomic mass is 10.1. The Morgan fingerprint density at radius 1 is 1.04 bits per heavy atom. The third kappa shape index (κ3) is 2.96. The molecule has 0 atom stereocenters. The normalized spacial score (nSPS) is 11.2. The van der Waals surface area contributed by atoms with Crippen molar-refractivity contribution in [2.75, 3.05) is 5.32 Å². The van der Waals surface area contributed by atoms with E-state index in [0.717, 1.165) is 38.2 Å². The number of rotatable bonds is 3. The topological polar surface area (TPSA) is 46.4 Å². The van der Waals surface area contributed by atoms with E-state index in [4.69, 9.17) is 4.98 Å². The number of carbonyl (C=O) groups excluding carboxylic acids is 1. The number of imidazole rings is 1. The van der Waals surface area contributed by atoms with E-state index in [1.807, 2.05) is 77.5 Å². The molecular weight excluding hydrogens is 366 g/mol. The van der Waals surface area contributed by atoms with Crippen LogP contribution in [0.3, 0.4) is 0 Å². The first-order chi connectivity index (χ1) is 13.7. The third-order valence-electron chi connectivity index (χ3n) is 4.77. The molecule has 0 bridgehead atoms. The average Bonchev–Trinajstić information content (AvgIpc) is 3.34. The summed E-state index contributed by atoms with van der Waals surface area (Å²) in [4.78, 5) is 18.0. The summed E-state index contributed by atoms with van der Waals surface area (Å²) in [6, 6.07) is 21.8. The van der Waals surface area contributed by atoms with Gasteiger partial charge in [-0.2, -0.15) is 0 Å². The number of fused-ring (bicyclic) bond motifs is 2. The monoisotopic (exact) mass is 383 g/mol. The van der Waals surface area contributed by atoms with Crippen molar-refractivity contribution in [3.8, 4) is 11.3 Å². The second kappa shape index (κ2) is 6.62. The Kier molecular flexibility index (Phi) is 3.95. The van der Waals surface area contributed by atoms with Gasteiger partial charge in [0.15, 0.2) is 0 Å². The number of hydrogen-bond donors (Lipinski definition) is 1. The van der Waals surface area contributed by atoms with Gasteiger partial charge in [0.25, 0.3) is 5.91 Å². The predicted molar refractivity (Wildman–Crippen MR) is 115 cm³/mol. The van der Waals surface area contributed by atoms with Gasteiger partial charge >= 0.3 is 0 Å². The van der Waals surface area contributed by atoms with Crippen LogP contribution in [-0.4, -0.2) is 15.3 Å². The Labute approximate surface area is 166 Å². The molecule has 1 amide bonds. The zero-order valence-corrected chi connectivity index (χ0v) is 16.0. The maximum Gasteiger partial charge on any atom is 0.265 e. The highest BCUT2D eigenvalue weighted by molar-refractivity contribution is 7.20. The minimum absolute atomic E-state index is 0.0858. The van der Waals surface area contributed by atoms with E-state index in [9.17, 15) is 4.79 Å². The lowest BCUT2D eigenvalue weighted by Gasteiger charge is -2.04. The largest absolute Gasteiger partial charge is 0.321 e. The fourth-order valence-corrected chi connectivity index (χ4v) is 4.26.